The molecular formula is C13H26N3NaO9P2. The van der Waals surface area contributed by atoms with Gasteiger partial charge in [-0.15, -0.1) is 0 Å². The number of carbonyl (C=O) groups is 1. The SMILES string of the molecule is NCCCC[C@H](N)C(=O)O.O=P(O)(O)C(O)(Cc1cccnc1)P(=O)(O)O.[H-].[Na+]. The molecule has 0 saturated heterocycles. The van der Waals surface area contributed by atoms with Crippen molar-refractivity contribution in [2.75, 3.05) is 6.54 Å². The van der Waals surface area contributed by atoms with Gasteiger partial charge in [0.2, 0.25) is 0 Å². The van der Waals surface area contributed by atoms with E-state index in [0.717, 1.165) is 19.0 Å². The third kappa shape index (κ3) is 10.0. The van der Waals surface area contributed by atoms with Gasteiger partial charge in [0.15, 0.2) is 0 Å². The second-order valence-electron chi connectivity index (χ2n) is 5.63. The van der Waals surface area contributed by atoms with Crippen molar-refractivity contribution < 1.29 is 74.7 Å². The average Bonchev–Trinajstić information content (AvgIpc) is 2.54. The molecular weight excluding hydrogens is 427 g/mol. The van der Waals surface area contributed by atoms with Gasteiger partial charge in [-0.25, -0.2) is 0 Å². The van der Waals surface area contributed by atoms with Crippen molar-refractivity contribution >= 4 is 21.2 Å². The van der Waals surface area contributed by atoms with Crippen LogP contribution < -0.4 is 41.0 Å². The van der Waals surface area contributed by atoms with Crippen LogP contribution in [0.15, 0.2) is 24.5 Å². The van der Waals surface area contributed by atoms with E-state index in [1.165, 1.54) is 18.3 Å². The molecule has 0 fully saturated rings. The van der Waals surface area contributed by atoms with E-state index in [0.29, 0.717) is 13.0 Å². The smallest absolute Gasteiger partial charge is 1.00 e. The zero-order valence-electron chi connectivity index (χ0n) is 16.3. The molecule has 1 heterocycles. The van der Waals surface area contributed by atoms with E-state index in [4.69, 9.17) is 36.1 Å². The van der Waals surface area contributed by atoms with Crippen LogP contribution in [-0.4, -0.2) is 58.4 Å². The predicted octanol–water partition coefficient (Wildman–Crippen LogP) is -3.73. The first-order valence-electron chi connectivity index (χ1n) is 7.67. The Hall–Kier alpha value is -0.200. The molecule has 1 atom stereocenters. The minimum Gasteiger partial charge on any atom is -1.00 e. The van der Waals surface area contributed by atoms with Gasteiger partial charge in [0, 0.05) is 18.8 Å². The summed E-state index contributed by atoms with van der Waals surface area (Å²) in [6, 6.07) is 2.03. The van der Waals surface area contributed by atoms with Gasteiger partial charge in [0.25, 0.3) is 5.08 Å². The van der Waals surface area contributed by atoms with Gasteiger partial charge in [-0.3, -0.25) is 18.9 Å². The Balaban J connectivity index is -0.000000491. The largest absolute Gasteiger partial charge is 1.00 e. The van der Waals surface area contributed by atoms with Crippen molar-refractivity contribution in [3.05, 3.63) is 30.1 Å². The molecule has 10 N–H and O–H groups in total. The summed E-state index contributed by atoms with van der Waals surface area (Å²) in [6.45, 7) is 0.604. The fourth-order valence-corrected chi connectivity index (χ4v) is 3.92. The Morgan fingerprint density at radius 1 is 1.21 bits per heavy atom. The Kier molecular flexibility index (Phi) is 14.1. The van der Waals surface area contributed by atoms with E-state index < -0.39 is 38.7 Å². The van der Waals surface area contributed by atoms with Crippen LogP contribution in [0.2, 0.25) is 0 Å². The van der Waals surface area contributed by atoms with Crippen molar-refractivity contribution in [1.29, 1.82) is 0 Å². The van der Waals surface area contributed by atoms with E-state index >= 15 is 0 Å². The standard InChI is InChI=1S/C7H11NO7P2.C6H14N2O2.Na.H/c9-7(16(10,11)12,17(13,14)15)4-6-2-1-3-8-5-6;7-4-2-1-3-5(8)6(9)10;;/h1-3,5,9H,4H2,(H2,10,11,12)(H2,13,14,15);5H,1-4,7-8H2,(H,9,10);;/q;;+1;-1/t;5-;;/m.0../s1. The Morgan fingerprint density at radius 3 is 2.11 bits per heavy atom. The van der Waals surface area contributed by atoms with Crippen LogP contribution in [0, 0.1) is 0 Å². The van der Waals surface area contributed by atoms with Crippen molar-refractivity contribution in [3.8, 4) is 0 Å². The molecule has 0 aliphatic carbocycles. The summed E-state index contributed by atoms with van der Waals surface area (Å²) >= 11 is 0. The number of nitrogens with two attached hydrogens (primary N) is 2. The molecule has 1 rings (SSSR count). The van der Waals surface area contributed by atoms with Crippen molar-refractivity contribution in [2.45, 2.75) is 36.8 Å². The molecule has 28 heavy (non-hydrogen) atoms. The number of carboxylic acid groups (broad SMARTS) is 1. The van der Waals surface area contributed by atoms with Gasteiger partial charge in [-0.1, -0.05) is 12.5 Å². The minimum absolute atomic E-state index is 0. The zero-order chi connectivity index (χ0) is 21.3. The topological polar surface area (TPSA) is 238 Å². The fourth-order valence-electron chi connectivity index (χ4n) is 1.78. The van der Waals surface area contributed by atoms with Gasteiger partial charge in [0.05, 0.1) is 0 Å². The first-order chi connectivity index (χ1) is 12.3. The monoisotopic (exact) mass is 453 g/mol. The van der Waals surface area contributed by atoms with Crippen LogP contribution in [-0.2, 0) is 20.3 Å². The summed E-state index contributed by atoms with van der Waals surface area (Å²) in [4.78, 5) is 49.3. The first-order valence-corrected chi connectivity index (χ1v) is 10.9. The first kappa shape index (κ1) is 30.0. The number of hydrogen-bond acceptors (Lipinski definition) is 7. The molecule has 12 nitrogen and oxygen atoms in total. The summed E-state index contributed by atoms with van der Waals surface area (Å²) in [6.07, 6.45) is 3.79. The number of aromatic nitrogens is 1. The second-order valence-corrected chi connectivity index (χ2v) is 9.64. The summed E-state index contributed by atoms with van der Waals surface area (Å²) in [5.41, 5.74) is 10.5. The molecule has 0 unspecified atom stereocenters. The molecule has 0 radical (unpaired) electrons. The van der Waals surface area contributed by atoms with Crippen molar-refractivity contribution in [2.24, 2.45) is 11.5 Å². The van der Waals surface area contributed by atoms with Crippen LogP contribution in [0.1, 0.15) is 26.3 Å². The maximum atomic E-state index is 11.0. The molecule has 158 valence electrons. The molecule has 15 heteroatoms. The maximum absolute atomic E-state index is 11.0. The average molecular weight is 453 g/mol. The molecule has 1 aromatic heterocycles. The molecule has 0 aliphatic rings. The number of aliphatic carboxylic acids is 1. The van der Waals surface area contributed by atoms with Gasteiger partial charge in [-0.05, 0) is 31.0 Å². The van der Waals surface area contributed by atoms with E-state index in [2.05, 4.69) is 4.98 Å². The van der Waals surface area contributed by atoms with Crippen LogP contribution in [0.5, 0.6) is 0 Å². The van der Waals surface area contributed by atoms with Crippen molar-refractivity contribution in [1.82, 2.24) is 4.98 Å². The molecule has 0 spiro atoms. The van der Waals surface area contributed by atoms with E-state index in [-0.39, 0.29) is 36.5 Å². The maximum Gasteiger partial charge on any atom is 1.00 e. The summed E-state index contributed by atoms with van der Waals surface area (Å²) in [5.74, 6) is -0.933. The van der Waals surface area contributed by atoms with Gasteiger partial charge in [0.1, 0.15) is 6.04 Å². The summed E-state index contributed by atoms with van der Waals surface area (Å²) < 4.78 is 22.1. The molecule has 0 aliphatic heterocycles. The number of pyridine rings is 1. The van der Waals surface area contributed by atoms with Crippen molar-refractivity contribution in [3.63, 3.8) is 0 Å². The van der Waals surface area contributed by atoms with E-state index in [1.54, 1.807) is 0 Å². The molecule has 0 saturated carbocycles. The Morgan fingerprint density at radius 2 is 1.75 bits per heavy atom. The minimum atomic E-state index is -5.41. The fraction of sp³-hybridized carbons (Fsp3) is 0.538. The number of hydrogen-bond donors (Lipinski definition) is 8. The normalized spacial score (nSPS) is 13.0. The molecule has 0 aromatic carbocycles. The van der Waals surface area contributed by atoms with Crippen LogP contribution in [0.25, 0.3) is 0 Å². The Bertz CT molecular complexity index is 667. The van der Waals surface area contributed by atoms with E-state index in [1.807, 2.05) is 0 Å². The third-order valence-corrected chi connectivity index (χ3v) is 7.13. The van der Waals surface area contributed by atoms with Gasteiger partial charge in [-0.2, -0.15) is 0 Å². The molecule has 0 amide bonds. The predicted molar refractivity (Wildman–Crippen MR) is 96.6 cm³/mol. The third-order valence-electron chi connectivity index (χ3n) is 3.38. The van der Waals surface area contributed by atoms with Crippen LogP contribution in [0.3, 0.4) is 0 Å². The number of aliphatic hydroxyl groups is 1. The second kappa shape index (κ2) is 13.2. The van der Waals surface area contributed by atoms with E-state index in [9.17, 15) is 19.0 Å². The van der Waals surface area contributed by atoms with Crippen LogP contribution in [0.4, 0.5) is 0 Å². The van der Waals surface area contributed by atoms with Gasteiger partial charge < -0.3 is 42.7 Å². The Labute approximate surface area is 185 Å². The van der Waals surface area contributed by atoms with Gasteiger partial charge >= 0.3 is 50.7 Å². The number of carboxylic acids is 1. The summed E-state index contributed by atoms with van der Waals surface area (Å²) in [5, 5.41) is 14.5. The van der Waals surface area contributed by atoms with Crippen LogP contribution >= 0.6 is 15.2 Å². The number of nitrogens with zero attached hydrogens (tertiary/aromatic N) is 1. The number of unbranched alkanes of at least 4 members (excludes halogenated alkanes) is 1. The molecule has 1 aromatic rings. The summed E-state index contributed by atoms with van der Waals surface area (Å²) in [7, 11) is -10.8. The number of rotatable bonds is 9. The zero-order valence-corrected chi connectivity index (χ0v) is 19.1. The molecule has 0 bridgehead atoms. The quantitative estimate of drug-likeness (QED) is 0.102.